The van der Waals surface area contributed by atoms with Crippen molar-refractivity contribution in [2.75, 3.05) is 12.3 Å². The summed E-state index contributed by atoms with van der Waals surface area (Å²) in [5, 5.41) is 0. The highest BCUT2D eigenvalue weighted by atomic mass is 16.5. The molecule has 2 N–H and O–H groups in total. The van der Waals surface area contributed by atoms with Crippen LogP contribution < -0.4 is 5.73 Å². The summed E-state index contributed by atoms with van der Waals surface area (Å²) in [7, 11) is 0. The third-order valence-electron chi connectivity index (χ3n) is 2.34. The van der Waals surface area contributed by atoms with Gasteiger partial charge in [0, 0.05) is 11.8 Å². The summed E-state index contributed by atoms with van der Waals surface area (Å²) in [6, 6.07) is 11.9. The van der Waals surface area contributed by atoms with Gasteiger partial charge in [-0.2, -0.15) is 0 Å². The Hall–Kier alpha value is -2.36. The van der Waals surface area contributed by atoms with Crippen LogP contribution in [0.4, 0.5) is 5.69 Å². The van der Waals surface area contributed by atoms with E-state index in [1.807, 2.05) is 49.5 Å². The van der Waals surface area contributed by atoms with Crippen molar-refractivity contribution >= 4 is 12.2 Å². The Kier molecular flexibility index (Phi) is 6.09. The number of ether oxygens (including phenoxy) is 1. The summed E-state index contributed by atoms with van der Waals surface area (Å²) in [6.45, 7) is 4.65. The Bertz CT molecular complexity index is 513. The zero-order valence-electron chi connectivity index (χ0n) is 11.2. The highest BCUT2D eigenvalue weighted by molar-refractivity contribution is 5.72. The maximum atomic E-state index is 9.18. The second-order valence-electron chi connectivity index (χ2n) is 3.87. The molecule has 19 heavy (non-hydrogen) atoms. The average Bonchev–Trinajstić information content (AvgIpc) is 2.41. The summed E-state index contributed by atoms with van der Waals surface area (Å²) in [5.74, 6) is 0. The lowest BCUT2D eigenvalue weighted by Crippen LogP contribution is -1.93. The lowest BCUT2D eigenvalue weighted by molar-refractivity contribution is -0.128. The molecule has 0 radical (unpaired) electrons. The number of benzene rings is 1. The molecule has 0 saturated heterocycles. The van der Waals surface area contributed by atoms with Gasteiger partial charge in [-0.15, -0.1) is 0 Å². The molecule has 4 heteroatoms. The zero-order valence-corrected chi connectivity index (χ0v) is 11.2. The molecule has 1 aromatic carbocycles. The predicted octanol–water partition coefficient (Wildman–Crippen LogP) is 2.82. The van der Waals surface area contributed by atoms with Crippen LogP contribution in [0.5, 0.6) is 0 Å². The number of nitrogen functional groups attached to an aromatic ring is 1. The fourth-order valence-electron chi connectivity index (χ4n) is 1.50. The summed E-state index contributed by atoms with van der Waals surface area (Å²) >= 11 is 0. The molecule has 0 aliphatic carbocycles. The molecule has 0 unspecified atom stereocenters. The number of pyridine rings is 1. The number of hydrogen-bond donors (Lipinski definition) is 1. The van der Waals surface area contributed by atoms with E-state index in [0.717, 1.165) is 22.5 Å². The van der Waals surface area contributed by atoms with E-state index < -0.39 is 0 Å². The Balaban J connectivity index is 0.000000312. The average molecular weight is 258 g/mol. The van der Waals surface area contributed by atoms with Crippen LogP contribution in [0.3, 0.4) is 0 Å². The summed E-state index contributed by atoms with van der Waals surface area (Å²) in [5.41, 5.74) is 9.63. The van der Waals surface area contributed by atoms with Crippen LogP contribution in [0.25, 0.3) is 11.3 Å². The fraction of sp³-hybridized carbons (Fsp3) is 0.200. The minimum Gasteiger partial charge on any atom is -0.468 e. The first-order chi connectivity index (χ1) is 9.19. The first-order valence-electron chi connectivity index (χ1n) is 6.01. The van der Waals surface area contributed by atoms with E-state index in [4.69, 9.17) is 5.73 Å². The Morgan fingerprint density at radius 2 is 2.00 bits per heavy atom. The number of nitrogens with zero attached hydrogens (tertiary/aromatic N) is 1. The van der Waals surface area contributed by atoms with E-state index in [1.165, 1.54) is 0 Å². The molecule has 0 aliphatic heterocycles. The van der Waals surface area contributed by atoms with Crippen molar-refractivity contribution in [2.45, 2.75) is 13.8 Å². The van der Waals surface area contributed by atoms with Crippen LogP contribution in [-0.4, -0.2) is 18.1 Å². The molecular weight excluding hydrogens is 240 g/mol. The Morgan fingerprint density at radius 1 is 1.32 bits per heavy atom. The molecule has 100 valence electrons. The van der Waals surface area contributed by atoms with Gasteiger partial charge in [0.15, 0.2) is 0 Å². The lowest BCUT2D eigenvalue weighted by atomic mass is 10.1. The van der Waals surface area contributed by atoms with Gasteiger partial charge < -0.3 is 10.5 Å². The Morgan fingerprint density at radius 3 is 2.47 bits per heavy atom. The van der Waals surface area contributed by atoms with Crippen molar-refractivity contribution in [1.29, 1.82) is 0 Å². The van der Waals surface area contributed by atoms with E-state index in [-0.39, 0.29) is 0 Å². The smallest absolute Gasteiger partial charge is 0.293 e. The molecule has 2 rings (SSSR count). The molecule has 0 atom stereocenters. The normalized spacial score (nSPS) is 9.16. The van der Waals surface area contributed by atoms with E-state index in [1.54, 1.807) is 6.92 Å². The molecule has 0 amide bonds. The minimum atomic E-state index is 0.431. The minimum absolute atomic E-state index is 0.431. The first-order valence-corrected chi connectivity index (χ1v) is 6.01. The standard InChI is InChI=1S/C12H12N2.C3H6O2/c1-9-7-11(13)12(14-8-9)10-5-3-2-4-6-10;1-2-5-3-4/h2-8H,13H2,1H3;3H,2H2,1H3. The topological polar surface area (TPSA) is 65.2 Å². The number of carbonyl (C=O) groups is 1. The highest BCUT2D eigenvalue weighted by Gasteiger charge is 2.02. The fourth-order valence-corrected chi connectivity index (χ4v) is 1.50. The van der Waals surface area contributed by atoms with Gasteiger partial charge in [0.05, 0.1) is 18.0 Å². The lowest BCUT2D eigenvalue weighted by Gasteiger charge is -2.04. The molecule has 0 saturated carbocycles. The third kappa shape index (κ3) is 4.79. The van der Waals surface area contributed by atoms with E-state index in [9.17, 15) is 4.79 Å². The number of hydrogen-bond acceptors (Lipinski definition) is 4. The molecule has 0 aliphatic rings. The van der Waals surface area contributed by atoms with Crippen molar-refractivity contribution in [3.05, 3.63) is 48.2 Å². The summed E-state index contributed by atoms with van der Waals surface area (Å²) in [6.07, 6.45) is 1.83. The second-order valence-corrected chi connectivity index (χ2v) is 3.87. The van der Waals surface area contributed by atoms with Crippen molar-refractivity contribution in [3.8, 4) is 11.3 Å². The van der Waals surface area contributed by atoms with Gasteiger partial charge in [-0.1, -0.05) is 30.3 Å². The van der Waals surface area contributed by atoms with Crippen LogP contribution in [0.2, 0.25) is 0 Å². The van der Waals surface area contributed by atoms with Gasteiger partial charge in [0.25, 0.3) is 6.47 Å². The van der Waals surface area contributed by atoms with Gasteiger partial charge in [0.2, 0.25) is 0 Å². The van der Waals surface area contributed by atoms with Gasteiger partial charge >= 0.3 is 0 Å². The van der Waals surface area contributed by atoms with Gasteiger partial charge in [0.1, 0.15) is 0 Å². The van der Waals surface area contributed by atoms with E-state index in [0.29, 0.717) is 13.1 Å². The zero-order chi connectivity index (χ0) is 14.1. The highest BCUT2D eigenvalue weighted by Crippen LogP contribution is 2.23. The van der Waals surface area contributed by atoms with Gasteiger partial charge in [-0.3, -0.25) is 9.78 Å². The number of anilines is 1. The maximum Gasteiger partial charge on any atom is 0.293 e. The van der Waals surface area contributed by atoms with Gasteiger partial charge in [-0.25, -0.2) is 0 Å². The maximum absolute atomic E-state index is 9.18. The van der Waals surface area contributed by atoms with Crippen LogP contribution in [-0.2, 0) is 9.53 Å². The molecule has 4 nitrogen and oxygen atoms in total. The summed E-state index contributed by atoms with van der Waals surface area (Å²) in [4.78, 5) is 13.5. The quantitative estimate of drug-likeness (QED) is 0.860. The molecule has 1 heterocycles. The first kappa shape index (κ1) is 14.7. The Labute approximate surface area is 113 Å². The number of aryl methyl sites for hydroxylation is 1. The molecular formula is C15H18N2O2. The largest absolute Gasteiger partial charge is 0.468 e. The number of carbonyl (C=O) groups excluding carboxylic acids is 1. The number of rotatable bonds is 3. The van der Waals surface area contributed by atoms with Gasteiger partial charge in [-0.05, 0) is 25.5 Å². The van der Waals surface area contributed by atoms with Crippen molar-refractivity contribution in [2.24, 2.45) is 0 Å². The predicted molar refractivity (Wildman–Crippen MR) is 76.5 cm³/mol. The molecule has 1 aromatic heterocycles. The molecule has 0 spiro atoms. The van der Waals surface area contributed by atoms with Crippen molar-refractivity contribution in [3.63, 3.8) is 0 Å². The van der Waals surface area contributed by atoms with E-state index >= 15 is 0 Å². The SMILES string of the molecule is CCOC=O.Cc1cnc(-c2ccccc2)c(N)c1. The number of aromatic nitrogens is 1. The van der Waals surface area contributed by atoms with E-state index in [2.05, 4.69) is 9.72 Å². The summed E-state index contributed by atoms with van der Waals surface area (Å²) < 4.78 is 4.15. The van der Waals surface area contributed by atoms with Crippen LogP contribution in [0.15, 0.2) is 42.6 Å². The number of nitrogens with two attached hydrogens (primary N) is 1. The monoisotopic (exact) mass is 258 g/mol. The molecule has 0 bridgehead atoms. The van der Waals surface area contributed by atoms with Crippen LogP contribution in [0, 0.1) is 6.92 Å². The van der Waals surface area contributed by atoms with Crippen LogP contribution in [0.1, 0.15) is 12.5 Å². The second kappa shape index (κ2) is 7.87. The molecule has 0 fully saturated rings. The van der Waals surface area contributed by atoms with Crippen LogP contribution >= 0.6 is 0 Å². The molecule has 2 aromatic rings. The third-order valence-corrected chi connectivity index (χ3v) is 2.34. The van der Waals surface area contributed by atoms with Crippen molar-refractivity contribution in [1.82, 2.24) is 4.98 Å². The van der Waals surface area contributed by atoms with Crippen molar-refractivity contribution < 1.29 is 9.53 Å².